The molecule has 3 atom stereocenters. The maximum atomic E-state index is 5.89. The quantitative estimate of drug-likeness (QED) is 0.691. The van der Waals surface area contributed by atoms with Gasteiger partial charge in [0, 0.05) is 23.2 Å². The van der Waals surface area contributed by atoms with Crippen LogP contribution in [0.3, 0.4) is 0 Å². The van der Waals surface area contributed by atoms with Crippen LogP contribution in [0.25, 0.3) is 11.4 Å². The number of nitrogens with one attached hydrogen (secondary N) is 2. The summed E-state index contributed by atoms with van der Waals surface area (Å²) < 4.78 is 11.6. The first-order chi connectivity index (χ1) is 14.3. The summed E-state index contributed by atoms with van der Waals surface area (Å²) in [6.07, 6.45) is 3.50. The van der Waals surface area contributed by atoms with Crippen molar-refractivity contribution >= 4 is 0 Å². The van der Waals surface area contributed by atoms with Gasteiger partial charge in [-0.05, 0) is 48.9 Å². The molecule has 7 heteroatoms. The molecule has 7 nitrogen and oxygen atoms in total. The number of rotatable bonds is 5. The molecule has 1 aromatic heterocycles. The molecule has 3 unspecified atom stereocenters. The van der Waals surface area contributed by atoms with Crippen LogP contribution >= 0.6 is 0 Å². The highest BCUT2D eigenvalue weighted by atomic mass is 16.6. The number of tetrazole rings is 1. The van der Waals surface area contributed by atoms with Crippen molar-refractivity contribution in [2.24, 2.45) is 0 Å². The smallest absolute Gasteiger partial charge is 0.204 e. The second-order valence-electron chi connectivity index (χ2n) is 7.82. The molecule has 2 N–H and O–H groups in total. The van der Waals surface area contributed by atoms with Gasteiger partial charge in [0.2, 0.25) is 5.82 Å². The largest absolute Gasteiger partial charge is 0.486 e. The van der Waals surface area contributed by atoms with Crippen molar-refractivity contribution in [2.45, 2.75) is 44.2 Å². The summed E-state index contributed by atoms with van der Waals surface area (Å²) in [5.41, 5.74) is 3.54. The third kappa shape index (κ3) is 3.70. The van der Waals surface area contributed by atoms with Gasteiger partial charge >= 0.3 is 0 Å². The molecule has 1 aliphatic heterocycles. The van der Waals surface area contributed by atoms with Crippen LogP contribution in [0, 0.1) is 0 Å². The van der Waals surface area contributed by atoms with Crippen molar-refractivity contribution in [1.82, 2.24) is 25.9 Å². The number of para-hydroxylation sites is 1. The maximum absolute atomic E-state index is 5.89. The van der Waals surface area contributed by atoms with Gasteiger partial charge in [-0.3, -0.25) is 0 Å². The zero-order chi connectivity index (χ0) is 19.6. The Labute approximate surface area is 169 Å². The number of aromatic amines is 1. The zero-order valence-electron chi connectivity index (χ0n) is 16.5. The number of benzene rings is 2. The number of H-pyrrole nitrogens is 1. The summed E-state index contributed by atoms with van der Waals surface area (Å²) in [7, 11) is 0. The summed E-state index contributed by atoms with van der Waals surface area (Å²) in [6.45, 7) is 3.44. The maximum Gasteiger partial charge on any atom is 0.204 e. The Balaban J connectivity index is 1.23. The Kier molecular flexibility index (Phi) is 4.89. The predicted molar refractivity (Wildman–Crippen MR) is 109 cm³/mol. The molecule has 2 heterocycles. The minimum atomic E-state index is 0.219. The van der Waals surface area contributed by atoms with E-state index in [-0.39, 0.29) is 6.04 Å². The van der Waals surface area contributed by atoms with E-state index in [2.05, 4.69) is 63.2 Å². The third-order valence-corrected chi connectivity index (χ3v) is 5.97. The summed E-state index contributed by atoms with van der Waals surface area (Å²) in [5, 5.41) is 18.0. The van der Waals surface area contributed by atoms with Crippen LogP contribution in [0.15, 0.2) is 42.5 Å². The molecule has 0 spiro atoms. The van der Waals surface area contributed by atoms with E-state index < -0.39 is 0 Å². The Hall–Kier alpha value is -2.93. The lowest BCUT2D eigenvalue weighted by molar-refractivity contribution is 0.168. The Morgan fingerprint density at radius 1 is 1.07 bits per heavy atom. The zero-order valence-corrected chi connectivity index (χ0v) is 16.5. The second-order valence-corrected chi connectivity index (χ2v) is 7.82. The number of nitrogens with zero attached hydrogens (tertiary/aromatic N) is 3. The first-order valence-electron chi connectivity index (χ1n) is 10.3. The van der Waals surface area contributed by atoms with E-state index in [1.807, 2.05) is 12.1 Å². The molecule has 29 heavy (non-hydrogen) atoms. The molecule has 0 amide bonds. The fraction of sp³-hybridized carbons (Fsp3) is 0.409. The van der Waals surface area contributed by atoms with Crippen molar-refractivity contribution in [3.05, 3.63) is 53.6 Å². The molecule has 0 saturated heterocycles. The highest BCUT2D eigenvalue weighted by Gasteiger charge is 2.28. The van der Waals surface area contributed by atoms with Gasteiger partial charge in [0.1, 0.15) is 13.2 Å². The van der Waals surface area contributed by atoms with Crippen LogP contribution in [-0.2, 0) is 0 Å². The standard InChI is InChI=1S/C22H25N5O2/c1-14(19-3-2-4-20-21(19)29-12-11-28-20)23-18-10-9-17(13-18)15-5-7-16(8-6-15)22-24-26-27-25-22/h2-8,14,17-18,23H,9-13H2,1H3,(H,24,25,26,27). The Bertz CT molecular complexity index is 958. The first-order valence-corrected chi connectivity index (χ1v) is 10.3. The second kappa shape index (κ2) is 7.83. The normalized spacial score (nSPS) is 21.8. The van der Waals surface area contributed by atoms with E-state index >= 15 is 0 Å². The van der Waals surface area contributed by atoms with Gasteiger partial charge in [0.15, 0.2) is 11.5 Å². The van der Waals surface area contributed by atoms with Crippen LogP contribution in [0.5, 0.6) is 11.5 Å². The molecular formula is C22H25N5O2. The highest BCUT2D eigenvalue weighted by Crippen LogP contribution is 2.39. The van der Waals surface area contributed by atoms with Crippen LogP contribution in [-0.4, -0.2) is 39.9 Å². The minimum Gasteiger partial charge on any atom is -0.486 e. The van der Waals surface area contributed by atoms with Crippen LogP contribution in [0.2, 0.25) is 0 Å². The summed E-state index contributed by atoms with van der Waals surface area (Å²) in [5.74, 6) is 2.95. The van der Waals surface area contributed by atoms with Gasteiger partial charge < -0.3 is 14.8 Å². The van der Waals surface area contributed by atoms with E-state index in [4.69, 9.17) is 9.47 Å². The third-order valence-electron chi connectivity index (χ3n) is 5.97. The molecule has 0 radical (unpaired) electrons. The van der Waals surface area contributed by atoms with Gasteiger partial charge in [-0.2, -0.15) is 5.21 Å². The highest BCUT2D eigenvalue weighted by molar-refractivity contribution is 5.54. The van der Waals surface area contributed by atoms with Crippen LogP contribution in [0.4, 0.5) is 0 Å². The van der Waals surface area contributed by atoms with Gasteiger partial charge in [-0.1, -0.05) is 36.4 Å². The van der Waals surface area contributed by atoms with Crippen molar-refractivity contribution < 1.29 is 9.47 Å². The lowest BCUT2D eigenvalue weighted by atomic mass is 9.96. The molecular weight excluding hydrogens is 366 g/mol. The molecule has 3 aromatic rings. The molecule has 1 aliphatic carbocycles. The van der Waals surface area contributed by atoms with Crippen molar-refractivity contribution in [3.8, 4) is 22.9 Å². The number of hydrogen-bond acceptors (Lipinski definition) is 6. The summed E-state index contributed by atoms with van der Waals surface area (Å²) in [4.78, 5) is 0. The summed E-state index contributed by atoms with van der Waals surface area (Å²) in [6, 6.07) is 15.4. The van der Waals surface area contributed by atoms with Crippen molar-refractivity contribution in [1.29, 1.82) is 0 Å². The minimum absolute atomic E-state index is 0.219. The molecule has 2 aromatic carbocycles. The molecule has 1 fully saturated rings. The lowest BCUT2D eigenvalue weighted by Gasteiger charge is -2.26. The predicted octanol–water partition coefficient (Wildman–Crippen LogP) is 3.62. The van der Waals surface area contributed by atoms with Crippen LogP contribution < -0.4 is 14.8 Å². The average Bonchev–Trinajstić information content (AvgIpc) is 3.46. The molecule has 2 aliphatic rings. The number of ether oxygens (including phenoxy) is 2. The molecule has 0 bridgehead atoms. The van der Waals surface area contributed by atoms with E-state index in [0.717, 1.165) is 23.5 Å². The SMILES string of the molecule is CC(NC1CCC(c2ccc(-c3nn[nH]n3)cc2)C1)c1cccc2c1OCCO2. The monoisotopic (exact) mass is 391 g/mol. The number of aromatic nitrogens is 4. The molecule has 5 rings (SSSR count). The molecule has 1 saturated carbocycles. The van der Waals surface area contributed by atoms with E-state index in [9.17, 15) is 0 Å². The Morgan fingerprint density at radius 3 is 2.76 bits per heavy atom. The lowest BCUT2D eigenvalue weighted by Crippen LogP contribution is -2.30. The van der Waals surface area contributed by atoms with Crippen molar-refractivity contribution in [2.75, 3.05) is 13.2 Å². The fourth-order valence-electron chi connectivity index (χ4n) is 4.50. The van der Waals surface area contributed by atoms with Gasteiger partial charge in [-0.15, -0.1) is 10.2 Å². The van der Waals surface area contributed by atoms with Gasteiger partial charge in [-0.25, -0.2) is 0 Å². The average molecular weight is 391 g/mol. The Morgan fingerprint density at radius 2 is 1.93 bits per heavy atom. The van der Waals surface area contributed by atoms with Gasteiger partial charge in [0.25, 0.3) is 0 Å². The van der Waals surface area contributed by atoms with Crippen molar-refractivity contribution in [3.63, 3.8) is 0 Å². The van der Waals surface area contributed by atoms with E-state index in [0.29, 0.717) is 31.0 Å². The first kappa shape index (κ1) is 18.1. The van der Waals surface area contributed by atoms with E-state index in [1.165, 1.54) is 24.0 Å². The molecule has 150 valence electrons. The summed E-state index contributed by atoms with van der Waals surface area (Å²) >= 11 is 0. The number of fused-ring (bicyclic) bond motifs is 1. The topological polar surface area (TPSA) is 85.0 Å². The van der Waals surface area contributed by atoms with Crippen LogP contribution in [0.1, 0.15) is 49.3 Å². The van der Waals surface area contributed by atoms with Gasteiger partial charge in [0.05, 0.1) is 0 Å². The fourth-order valence-corrected chi connectivity index (χ4v) is 4.50. The number of hydrogen-bond donors (Lipinski definition) is 2. The van der Waals surface area contributed by atoms with E-state index in [1.54, 1.807) is 0 Å².